The number of rotatable bonds is 2. The van der Waals surface area contributed by atoms with Gasteiger partial charge in [0.25, 0.3) is 0 Å². The van der Waals surface area contributed by atoms with E-state index in [2.05, 4.69) is 0 Å². The van der Waals surface area contributed by atoms with Crippen LogP contribution >= 0.6 is 0 Å². The molecule has 0 atom stereocenters. The molecule has 2 rings (SSSR count). The zero-order chi connectivity index (χ0) is 18.0. The van der Waals surface area contributed by atoms with Crippen molar-refractivity contribution < 1.29 is 17.9 Å². The van der Waals surface area contributed by atoms with E-state index in [0.29, 0.717) is 31.0 Å². The fraction of sp³-hybridized carbons (Fsp3) is 0.588. The van der Waals surface area contributed by atoms with Gasteiger partial charge in [0.2, 0.25) is 10.0 Å². The van der Waals surface area contributed by atoms with Gasteiger partial charge in [0.05, 0.1) is 4.90 Å². The van der Waals surface area contributed by atoms with Crippen molar-refractivity contribution in [2.45, 2.75) is 44.6 Å². The normalized spacial score (nSPS) is 17.4. The second kappa shape index (κ2) is 7.11. The Kier molecular flexibility index (Phi) is 5.55. The number of hydrogen-bond donors (Lipinski definition) is 0. The number of amides is 1. The maximum atomic E-state index is 12.7. The minimum Gasteiger partial charge on any atom is -0.444 e. The Morgan fingerprint density at radius 2 is 1.67 bits per heavy atom. The molecule has 7 heteroatoms. The summed E-state index contributed by atoms with van der Waals surface area (Å²) in [6, 6.07) is 6.83. The number of aryl methyl sites for hydroxylation is 1. The highest BCUT2D eigenvalue weighted by Gasteiger charge is 2.29. The van der Waals surface area contributed by atoms with Crippen molar-refractivity contribution in [1.82, 2.24) is 9.21 Å². The molecule has 1 fully saturated rings. The molecule has 1 heterocycles. The van der Waals surface area contributed by atoms with Crippen LogP contribution in [0.3, 0.4) is 0 Å². The average Bonchev–Trinajstić information content (AvgIpc) is 2.72. The van der Waals surface area contributed by atoms with Crippen LogP contribution < -0.4 is 0 Å². The lowest BCUT2D eigenvalue weighted by Gasteiger charge is -2.26. The number of carbonyl (C=O) groups excluding carboxylic acids is 1. The molecule has 1 amide bonds. The Bertz CT molecular complexity index is 678. The molecule has 1 aromatic rings. The molecule has 0 bridgehead atoms. The van der Waals surface area contributed by atoms with Crippen LogP contribution in [-0.2, 0) is 14.8 Å². The molecule has 24 heavy (non-hydrogen) atoms. The van der Waals surface area contributed by atoms with Crippen LogP contribution in [0.25, 0.3) is 0 Å². The molecule has 0 N–H and O–H groups in total. The summed E-state index contributed by atoms with van der Waals surface area (Å²) in [6.07, 6.45) is 0.196. The lowest BCUT2D eigenvalue weighted by Crippen LogP contribution is -2.40. The van der Waals surface area contributed by atoms with Gasteiger partial charge in [0.1, 0.15) is 5.60 Å². The fourth-order valence-corrected chi connectivity index (χ4v) is 3.97. The Morgan fingerprint density at radius 3 is 2.25 bits per heavy atom. The topological polar surface area (TPSA) is 66.9 Å². The van der Waals surface area contributed by atoms with Crippen LogP contribution in [0.15, 0.2) is 29.2 Å². The van der Waals surface area contributed by atoms with Gasteiger partial charge >= 0.3 is 6.09 Å². The molecule has 1 aliphatic heterocycles. The molecule has 1 aromatic carbocycles. The summed E-state index contributed by atoms with van der Waals surface area (Å²) in [5.74, 6) is 0. The second-order valence-corrected chi connectivity index (χ2v) is 8.98. The van der Waals surface area contributed by atoms with Crippen LogP contribution in [0, 0.1) is 6.92 Å². The van der Waals surface area contributed by atoms with Gasteiger partial charge in [0, 0.05) is 26.2 Å². The first-order valence-electron chi connectivity index (χ1n) is 8.14. The van der Waals surface area contributed by atoms with Gasteiger partial charge in [-0.1, -0.05) is 17.7 Å². The van der Waals surface area contributed by atoms with E-state index in [1.54, 1.807) is 29.2 Å². The quantitative estimate of drug-likeness (QED) is 0.819. The molecule has 0 unspecified atom stereocenters. The maximum Gasteiger partial charge on any atom is 0.410 e. The predicted octanol–water partition coefficient (Wildman–Crippen LogP) is 2.63. The molecule has 0 aliphatic carbocycles. The largest absolute Gasteiger partial charge is 0.444 e. The molecule has 0 saturated carbocycles. The first-order valence-corrected chi connectivity index (χ1v) is 9.58. The zero-order valence-corrected chi connectivity index (χ0v) is 15.6. The number of nitrogens with zero attached hydrogens (tertiary/aromatic N) is 2. The van der Waals surface area contributed by atoms with Crippen molar-refractivity contribution >= 4 is 16.1 Å². The fourth-order valence-electron chi connectivity index (χ4n) is 2.50. The molecule has 1 saturated heterocycles. The van der Waals surface area contributed by atoms with Crippen molar-refractivity contribution in [3.05, 3.63) is 29.8 Å². The van der Waals surface area contributed by atoms with Gasteiger partial charge in [-0.3, -0.25) is 0 Å². The number of sulfonamides is 1. The lowest BCUT2D eigenvalue weighted by molar-refractivity contribution is 0.0260. The highest BCUT2D eigenvalue weighted by molar-refractivity contribution is 7.89. The Labute approximate surface area is 144 Å². The Morgan fingerprint density at radius 1 is 1.04 bits per heavy atom. The van der Waals surface area contributed by atoms with Gasteiger partial charge in [-0.05, 0) is 46.2 Å². The van der Waals surface area contributed by atoms with Crippen molar-refractivity contribution in [2.24, 2.45) is 0 Å². The third-order valence-electron chi connectivity index (χ3n) is 3.77. The van der Waals surface area contributed by atoms with E-state index in [0.717, 1.165) is 5.56 Å². The van der Waals surface area contributed by atoms with Crippen molar-refractivity contribution in [3.63, 3.8) is 0 Å². The first kappa shape index (κ1) is 18.7. The van der Waals surface area contributed by atoms with Crippen LogP contribution in [0.1, 0.15) is 32.8 Å². The minimum atomic E-state index is -3.53. The number of ether oxygens (including phenoxy) is 1. The highest BCUT2D eigenvalue weighted by Crippen LogP contribution is 2.19. The number of carbonyl (C=O) groups is 1. The van der Waals surface area contributed by atoms with E-state index in [4.69, 9.17) is 4.74 Å². The third-order valence-corrected chi connectivity index (χ3v) is 5.68. The van der Waals surface area contributed by atoms with Crippen LogP contribution in [0.5, 0.6) is 0 Å². The third kappa shape index (κ3) is 4.70. The van der Waals surface area contributed by atoms with E-state index in [1.807, 2.05) is 27.7 Å². The van der Waals surface area contributed by atoms with Crippen molar-refractivity contribution in [2.75, 3.05) is 26.2 Å². The predicted molar refractivity (Wildman–Crippen MR) is 92.4 cm³/mol. The number of benzene rings is 1. The molecule has 1 aliphatic rings. The summed E-state index contributed by atoms with van der Waals surface area (Å²) in [4.78, 5) is 14.0. The van der Waals surface area contributed by atoms with Crippen LogP contribution in [-0.4, -0.2) is 55.5 Å². The highest BCUT2D eigenvalue weighted by atomic mass is 32.2. The summed E-state index contributed by atoms with van der Waals surface area (Å²) in [7, 11) is -3.53. The second-order valence-electron chi connectivity index (χ2n) is 7.04. The zero-order valence-electron chi connectivity index (χ0n) is 14.8. The maximum absolute atomic E-state index is 12.7. The summed E-state index contributed by atoms with van der Waals surface area (Å²) in [5, 5.41) is 0. The van der Waals surface area contributed by atoms with Gasteiger partial charge < -0.3 is 9.64 Å². The standard InChI is InChI=1S/C17H26N2O4S/c1-14-6-8-15(9-7-14)24(21,22)19-11-5-10-18(12-13-19)16(20)23-17(2,3)4/h6-9H,5,10-13H2,1-4H3. The van der Waals surface area contributed by atoms with E-state index in [-0.39, 0.29) is 6.54 Å². The van der Waals surface area contributed by atoms with E-state index < -0.39 is 21.7 Å². The first-order chi connectivity index (χ1) is 11.1. The van der Waals surface area contributed by atoms with Crippen LogP contribution in [0.2, 0.25) is 0 Å². The van der Waals surface area contributed by atoms with Gasteiger partial charge in [0.15, 0.2) is 0 Å². The van der Waals surface area contributed by atoms with Crippen LogP contribution in [0.4, 0.5) is 4.79 Å². The summed E-state index contributed by atoms with van der Waals surface area (Å²) >= 11 is 0. The van der Waals surface area contributed by atoms with Gasteiger partial charge in [-0.25, -0.2) is 13.2 Å². The van der Waals surface area contributed by atoms with Gasteiger partial charge in [-0.2, -0.15) is 4.31 Å². The molecular formula is C17H26N2O4S. The molecular weight excluding hydrogens is 328 g/mol. The minimum absolute atomic E-state index is 0.273. The van der Waals surface area contributed by atoms with Crippen molar-refractivity contribution in [3.8, 4) is 0 Å². The molecule has 134 valence electrons. The molecule has 0 aromatic heterocycles. The van der Waals surface area contributed by atoms with E-state index in [1.165, 1.54) is 4.31 Å². The number of hydrogen-bond acceptors (Lipinski definition) is 4. The summed E-state index contributed by atoms with van der Waals surface area (Å²) < 4.78 is 32.3. The lowest BCUT2D eigenvalue weighted by atomic mass is 10.2. The van der Waals surface area contributed by atoms with E-state index in [9.17, 15) is 13.2 Å². The SMILES string of the molecule is Cc1ccc(S(=O)(=O)N2CCCN(C(=O)OC(C)(C)C)CC2)cc1. The molecule has 6 nitrogen and oxygen atoms in total. The molecule has 0 radical (unpaired) electrons. The van der Waals surface area contributed by atoms with Crippen molar-refractivity contribution in [1.29, 1.82) is 0 Å². The monoisotopic (exact) mass is 354 g/mol. The summed E-state index contributed by atoms with van der Waals surface area (Å²) in [6.45, 7) is 8.87. The average molecular weight is 354 g/mol. The molecule has 0 spiro atoms. The van der Waals surface area contributed by atoms with Gasteiger partial charge in [-0.15, -0.1) is 0 Å². The Hall–Kier alpha value is -1.60. The smallest absolute Gasteiger partial charge is 0.410 e. The summed E-state index contributed by atoms with van der Waals surface area (Å²) in [5.41, 5.74) is 0.456. The van der Waals surface area contributed by atoms with E-state index >= 15 is 0 Å². The Balaban J connectivity index is 2.07.